The maximum atomic E-state index is 12.5. The fourth-order valence-corrected chi connectivity index (χ4v) is 4.40. The summed E-state index contributed by atoms with van der Waals surface area (Å²) in [6.45, 7) is 1.50. The lowest BCUT2D eigenvalue weighted by molar-refractivity contribution is -0.113. The average Bonchev–Trinajstić information content (AvgIpc) is 3.49. The Labute approximate surface area is 191 Å². The number of nitrogens with one attached hydrogen (secondary N) is 1. The van der Waals surface area contributed by atoms with E-state index in [1.165, 1.54) is 18.9 Å². The zero-order valence-corrected chi connectivity index (χ0v) is 18.6. The first-order chi connectivity index (χ1) is 15.6. The van der Waals surface area contributed by atoms with E-state index in [0.717, 1.165) is 35.9 Å². The molecular formula is C24H25N3O4S. The Morgan fingerprint density at radius 2 is 1.97 bits per heavy atom. The van der Waals surface area contributed by atoms with Crippen LogP contribution in [0.4, 0.5) is 5.69 Å². The van der Waals surface area contributed by atoms with Crippen LogP contribution in [0.25, 0.3) is 11.3 Å². The molecule has 3 aromatic rings. The van der Waals surface area contributed by atoms with Crippen LogP contribution in [0, 0.1) is 0 Å². The van der Waals surface area contributed by atoms with Crippen molar-refractivity contribution < 1.29 is 19.1 Å². The van der Waals surface area contributed by atoms with Crippen LogP contribution >= 0.6 is 11.8 Å². The van der Waals surface area contributed by atoms with Gasteiger partial charge < -0.3 is 19.4 Å². The van der Waals surface area contributed by atoms with Gasteiger partial charge in [0.1, 0.15) is 0 Å². The predicted octanol–water partition coefficient (Wildman–Crippen LogP) is 4.25. The van der Waals surface area contributed by atoms with Crippen LogP contribution in [0.15, 0.2) is 66.0 Å². The number of nitrogens with zero attached hydrogens (tertiary/aromatic N) is 2. The molecule has 0 radical (unpaired) electrons. The number of hydrogen-bond donors (Lipinski definition) is 1. The van der Waals surface area contributed by atoms with E-state index >= 15 is 0 Å². The summed E-state index contributed by atoms with van der Waals surface area (Å²) in [7, 11) is 1.33. The minimum atomic E-state index is -0.411. The Balaban J connectivity index is 1.43. The molecule has 0 aliphatic carbocycles. The number of esters is 1. The zero-order chi connectivity index (χ0) is 22.3. The van der Waals surface area contributed by atoms with E-state index in [4.69, 9.17) is 4.74 Å². The topological polar surface area (TPSA) is 82.5 Å². The van der Waals surface area contributed by atoms with E-state index in [2.05, 4.69) is 31.7 Å². The highest BCUT2D eigenvalue weighted by molar-refractivity contribution is 7.99. The molecule has 2 aromatic carbocycles. The van der Waals surface area contributed by atoms with Gasteiger partial charge in [-0.05, 0) is 42.7 Å². The number of imidazole rings is 1. The number of hydrogen-bond acceptors (Lipinski definition) is 6. The molecule has 2 heterocycles. The smallest absolute Gasteiger partial charge is 0.337 e. The normalized spacial score (nSPS) is 15.5. The molecule has 1 N–H and O–H groups in total. The van der Waals surface area contributed by atoms with Crippen LogP contribution in [0.5, 0.6) is 0 Å². The Morgan fingerprint density at radius 3 is 2.66 bits per heavy atom. The third-order valence-electron chi connectivity index (χ3n) is 5.22. The van der Waals surface area contributed by atoms with Crippen LogP contribution in [0.2, 0.25) is 0 Å². The van der Waals surface area contributed by atoms with Crippen molar-refractivity contribution in [3.05, 3.63) is 66.4 Å². The maximum absolute atomic E-state index is 12.5. The highest BCUT2D eigenvalue weighted by Crippen LogP contribution is 2.28. The molecule has 1 aliphatic heterocycles. The molecule has 1 aliphatic rings. The second-order valence-electron chi connectivity index (χ2n) is 7.44. The molecule has 0 spiro atoms. The van der Waals surface area contributed by atoms with Crippen molar-refractivity contribution >= 4 is 29.3 Å². The predicted molar refractivity (Wildman–Crippen MR) is 124 cm³/mol. The summed E-state index contributed by atoms with van der Waals surface area (Å²) in [5.74, 6) is -0.338. The van der Waals surface area contributed by atoms with Gasteiger partial charge in [0.2, 0.25) is 5.91 Å². The van der Waals surface area contributed by atoms with Gasteiger partial charge in [-0.15, -0.1) is 0 Å². The number of carbonyl (C=O) groups excluding carboxylic acids is 2. The molecule has 1 atom stereocenters. The highest BCUT2D eigenvalue weighted by atomic mass is 32.2. The molecule has 0 bridgehead atoms. The van der Waals surface area contributed by atoms with Crippen molar-refractivity contribution in [2.45, 2.75) is 30.6 Å². The van der Waals surface area contributed by atoms with Crippen molar-refractivity contribution in [2.75, 3.05) is 24.8 Å². The fraction of sp³-hybridized carbons (Fsp3) is 0.292. The van der Waals surface area contributed by atoms with Crippen LogP contribution < -0.4 is 5.32 Å². The first-order valence-electron chi connectivity index (χ1n) is 10.5. The highest BCUT2D eigenvalue weighted by Gasteiger charge is 2.21. The zero-order valence-electron chi connectivity index (χ0n) is 17.8. The largest absolute Gasteiger partial charge is 0.465 e. The van der Waals surface area contributed by atoms with Gasteiger partial charge in [0.05, 0.1) is 43.0 Å². The molecule has 4 rings (SSSR count). The van der Waals surface area contributed by atoms with E-state index in [1.807, 2.05) is 24.4 Å². The van der Waals surface area contributed by atoms with E-state index in [1.54, 1.807) is 24.3 Å². The summed E-state index contributed by atoms with van der Waals surface area (Å²) in [4.78, 5) is 28.6. The monoisotopic (exact) mass is 451 g/mol. The quantitative estimate of drug-likeness (QED) is 0.407. The number of benzene rings is 2. The molecule has 7 nitrogen and oxygen atoms in total. The van der Waals surface area contributed by atoms with Gasteiger partial charge in [-0.1, -0.05) is 42.1 Å². The molecule has 1 amide bonds. The third kappa shape index (κ3) is 5.38. The molecule has 1 fully saturated rings. The summed E-state index contributed by atoms with van der Waals surface area (Å²) >= 11 is 1.40. The number of amides is 1. The SMILES string of the molecule is COC(=O)c1ccc(NC(=O)CSc2ncc(-c3ccccc3)n2CC2CCCO2)cc1. The molecule has 32 heavy (non-hydrogen) atoms. The van der Waals surface area contributed by atoms with Gasteiger partial charge in [-0.3, -0.25) is 4.79 Å². The lowest BCUT2D eigenvalue weighted by atomic mass is 10.1. The van der Waals surface area contributed by atoms with Crippen molar-refractivity contribution in [3.8, 4) is 11.3 Å². The van der Waals surface area contributed by atoms with Crippen molar-refractivity contribution in [2.24, 2.45) is 0 Å². The number of rotatable bonds is 8. The van der Waals surface area contributed by atoms with Crippen molar-refractivity contribution in [1.29, 1.82) is 0 Å². The van der Waals surface area contributed by atoms with Crippen LogP contribution in [0.3, 0.4) is 0 Å². The number of carbonyl (C=O) groups is 2. The summed E-state index contributed by atoms with van der Waals surface area (Å²) in [6.07, 6.45) is 4.11. The summed E-state index contributed by atoms with van der Waals surface area (Å²) in [5.41, 5.74) is 3.16. The van der Waals surface area contributed by atoms with Gasteiger partial charge in [0, 0.05) is 12.3 Å². The standard InChI is InChI=1S/C24H25N3O4S/c1-30-23(29)18-9-11-19(12-10-18)26-22(28)16-32-24-25-14-21(17-6-3-2-4-7-17)27(24)15-20-8-5-13-31-20/h2-4,6-7,9-12,14,20H,5,8,13,15-16H2,1H3,(H,26,28). The van der Waals surface area contributed by atoms with E-state index < -0.39 is 5.97 Å². The second kappa shape index (κ2) is 10.5. The van der Waals surface area contributed by atoms with Gasteiger partial charge in [0.15, 0.2) is 5.16 Å². The lowest BCUT2D eigenvalue weighted by Crippen LogP contribution is -2.18. The fourth-order valence-electron chi connectivity index (χ4n) is 3.62. The number of methoxy groups -OCH3 is 1. The molecule has 166 valence electrons. The van der Waals surface area contributed by atoms with Crippen LogP contribution in [-0.4, -0.2) is 47.0 Å². The molecule has 8 heteroatoms. The van der Waals surface area contributed by atoms with E-state index in [-0.39, 0.29) is 17.8 Å². The van der Waals surface area contributed by atoms with Crippen molar-refractivity contribution in [3.63, 3.8) is 0 Å². The first-order valence-corrected chi connectivity index (χ1v) is 11.5. The van der Waals surface area contributed by atoms with Gasteiger partial charge in [0.25, 0.3) is 0 Å². The molecule has 0 saturated carbocycles. The number of aromatic nitrogens is 2. The van der Waals surface area contributed by atoms with Crippen LogP contribution in [0.1, 0.15) is 23.2 Å². The molecule has 1 saturated heterocycles. The summed E-state index contributed by atoms with van der Waals surface area (Å²) < 4.78 is 12.7. The van der Waals surface area contributed by atoms with Crippen molar-refractivity contribution in [1.82, 2.24) is 9.55 Å². The van der Waals surface area contributed by atoms with Gasteiger partial charge in [-0.25, -0.2) is 9.78 Å². The molecular weight excluding hydrogens is 426 g/mol. The minimum Gasteiger partial charge on any atom is -0.465 e. The Morgan fingerprint density at radius 1 is 1.19 bits per heavy atom. The van der Waals surface area contributed by atoms with Crippen LogP contribution in [-0.2, 0) is 20.8 Å². The second-order valence-corrected chi connectivity index (χ2v) is 8.39. The minimum absolute atomic E-state index is 0.145. The maximum Gasteiger partial charge on any atom is 0.337 e. The summed E-state index contributed by atoms with van der Waals surface area (Å²) in [6, 6.07) is 16.7. The third-order valence-corrected chi connectivity index (χ3v) is 6.21. The Bertz CT molecular complexity index is 1060. The van der Waals surface area contributed by atoms with Gasteiger partial charge in [-0.2, -0.15) is 0 Å². The summed E-state index contributed by atoms with van der Waals surface area (Å²) in [5, 5.41) is 3.64. The number of thioether (sulfide) groups is 1. The first kappa shape index (κ1) is 22.1. The molecule has 1 aromatic heterocycles. The van der Waals surface area contributed by atoms with Gasteiger partial charge >= 0.3 is 5.97 Å². The van der Waals surface area contributed by atoms with E-state index in [9.17, 15) is 9.59 Å². The lowest BCUT2D eigenvalue weighted by Gasteiger charge is -2.16. The number of anilines is 1. The Hall–Kier alpha value is -3.10. The Kier molecular flexibility index (Phi) is 7.24. The average molecular weight is 452 g/mol. The number of ether oxygens (including phenoxy) is 2. The van der Waals surface area contributed by atoms with E-state index in [0.29, 0.717) is 17.8 Å². The molecule has 1 unspecified atom stereocenters.